The lowest BCUT2D eigenvalue weighted by molar-refractivity contribution is -0.142. The van der Waals surface area contributed by atoms with E-state index >= 15 is 0 Å². The van der Waals surface area contributed by atoms with Gasteiger partial charge in [-0.25, -0.2) is 9.18 Å². The second kappa shape index (κ2) is 10.8. The van der Waals surface area contributed by atoms with Gasteiger partial charge in [-0.3, -0.25) is 4.79 Å². The molecule has 0 bridgehead atoms. The van der Waals surface area contributed by atoms with Crippen LogP contribution in [0.1, 0.15) is 45.6 Å². The Labute approximate surface area is 151 Å². The fourth-order valence-corrected chi connectivity index (χ4v) is 3.29. The van der Waals surface area contributed by atoms with Gasteiger partial charge >= 0.3 is 11.9 Å². The van der Waals surface area contributed by atoms with Gasteiger partial charge in [-0.2, -0.15) is 0 Å². The number of aliphatic carboxylic acids is 1. The molecule has 1 aromatic carbocycles. The summed E-state index contributed by atoms with van der Waals surface area (Å²) in [6.45, 7) is 5.31. The highest BCUT2D eigenvalue weighted by Crippen LogP contribution is 2.31. The van der Waals surface area contributed by atoms with E-state index in [4.69, 9.17) is 4.74 Å². The van der Waals surface area contributed by atoms with Gasteiger partial charge in [0.1, 0.15) is 12.4 Å². The van der Waals surface area contributed by atoms with Crippen molar-refractivity contribution in [3.8, 4) is 0 Å². The Kier molecular flexibility index (Phi) is 9.05. The van der Waals surface area contributed by atoms with Gasteiger partial charge in [0.2, 0.25) is 0 Å². The molecule has 138 valence electrons. The van der Waals surface area contributed by atoms with Crippen LogP contribution in [0.25, 0.3) is 0 Å². The van der Waals surface area contributed by atoms with Crippen molar-refractivity contribution in [3.05, 3.63) is 41.2 Å². The number of rotatable bonds is 6. The number of esters is 1. The smallest absolute Gasteiger partial charge is 0.332 e. The lowest BCUT2D eigenvalue weighted by Gasteiger charge is -2.21. The molecule has 5 nitrogen and oxygen atoms in total. The largest absolute Gasteiger partial charge is 0.478 e. The van der Waals surface area contributed by atoms with Crippen LogP contribution in [0, 0.1) is 5.82 Å². The maximum absolute atomic E-state index is 14.0. The Hall–Kier alpha value is -2.02. The number of hydrogen-bond acceptors (Lipinski definition) is 5. The number of nitrogens with one attached hydrogen (secondary N) is 1. The third-order valence-corrected chi connectivity index (χ3v) is 4.53. The summed E-state index contributed by atoms with van der Waals surface area (Å²) in [5, 5.41) is 8.97. The molecule has 0 heterocycles. The molecule has 7 heteroatoms. The van der Waals surface area contributed by atoms with Crippen molar-refractivity contribution in [1.82, 2.24) is 0 Å². The molecule has 1 aliphatic rings. The SMILES string of the molecule is CC.CC(=O)OCc1ccc(NSC2CCCC=C2C(=O)O)c(F)c1. The average Bonchev–Trinajstić information content (AvgIpc) is 2.61. The fraction of sp³-hybridized carbons (Fsp3) is 0.444. The van der Waals surface area contributed by atoms with Crippen LogP contribution in [0.3, 0.4) is 0 Å². The van der Waals surface area contributed by atoms with Crippen molar-refractivity contribution in [2.24, 2.45) is 0 Å². The zero-order valence-corrected chi connectivity index (χ0v) is 15.5. The van der Waals surface area contributed by atoms with Gasteiger partial charge in [0.25, 0.3) is 0 Å². The van der Waals surface area contributed by atoms with E-state index in [1.807, 2.05) is 13.8 Å². The van der Waals surface area contributed by atoms with E-state index in [0.717, 1.165) is 19.3 Å². The molecule has 0 saturated heterocycles. The van der Waals surface area contributed by atoms with Crippen LogP contribution in [0.2, 0.25) is 0 Å². The van der Waals surface area contributed by atoms with E-state index in [9.17, 15) is 19.1 Å². The molecule has 0 fully saturated rings. The molecule has 1 atom stereocenters. The third kappa shape index (κ3) is 6.78. The molecular weight excluding hydrogens is 345 g/mol. The molecule has 0 spiro atoms. The fourth-order valence-electron chi connectivity index (χ4n) is 2.25. The van der Waals surface area contributed by atoms with Crippen molar-refractivity contribution in [1.29, 1.82) is 0 Å². The second-order valence-corrected chi connectivity index (χ2v) is 6.21. The molecule has 25 heavy (non-hydrogen) atoms. The first-order chi connectivity index (χ1) is 12.0. The molecule has 0 aromatic heterocycles. The molecule has 0 saturated carbocycles. The second-order valence-electron chi connectivity index (χ2n) is 5.20. The number of halogens is 1. The number of carboxylic acids is 1. The summed E-state index contributed by atoms with van der Waals surface area (Å²) in [6.07, 6.45) is 4.14. The van der Waals surface area contributed by atoms with Crippen LogP contribution in [0.15, 0.2) is 29.8 Å². The van der Waals surface area contributed by atoms with Gasteiger partial charge in [0.05, 0.1) is 10.9 Å². The number of allylic oxidation sites excluding steroid dienone is 1. The highest BCUT2D eigenvalue weighted by Gasteiger charge is 2.24. The summed E-state index contributed by atoms with van der Waals surface area (Å²) in [6, 6.07) is 4.50. The number of anilines is 1. The molecular formula is C18H24FNO4S. The number of carbonyl (C=O) groups is 2. The molecule has 1 aromatic rings. The Bertz CT molecular complexity index is 634. The monoisotopic (exact) mass is 369 g/mol. The van der Waals surface area contributed by atoms with Crippen LogP contribution in [-0.4, -0.2) is 22.3 Å². The third-order valence-electron chi connectivity index (χ3n) is 3.42. The standard InChI is InChI=1S/C16H18FNO4S.C2H6/c1-10(19)22-9-11-6-7-14(13(17)8-11)18-23-15-5-3-2-4-12(15)16(20)21;1-2/h4,6-8,15,18H,2-3,5,9H2,1H3,(H,20,21);1-2H3. The number of carbonyl (C=O) groups excluding carboxylic acids is 1. The van der Waals surface area contributed by atoms with E-state index < -0.39 is 17.8 Å². The molecule has 1 unspecified atom stereocenters. The number of carboxylic acid groups (broad SMARTS) is 1. The van der Waals surface area contributed by atoms with E-state index in [1.54, 1.807) is 18.2 Å². The highest BCUT2D eigenvalue weighted by atomic mass is 32.2. The van der Waals surface area contributed by atoms with Crippen LogP contribution in [0.4, 0.5) is 10.1 Å². The number of ether oxygens (including phenoxy) is 1. The molecule has 1 aliphatic carbocycles. The van der Waals surface area contributed by atoms with Crippen LogP contribution in [-0.2, 0) is 20.9 Å². The van der Waals surface area contributed by atoms with Crippen molar-refractivity contribution < 1.29 is 23.8 Å². The minimum atomic E-state index is -0.929. The topological polar surface area (TPSA) is 75.6 Å². The summed E-state index contributed by atoms with van der Waals surface area (Å²) in [7, 11) is 0. The lowest BCUT2D eigenvalue weighted by Crippen LogP contribution is -2.19. The van der Waals surface area contributed by atoms with Gasteiger partial charge in [-0.15, -0.1) is 0 Å². The van der Waals surface area contributed by atoms with Crippen LogP contribution >= 0.6 is 11.9 Å². The molecule has 2 N–H and O–H groups in total. The van der Waals surface area contributed by atoms with Gasteiger partial charge in [0.15, 0.2) is 0 Å². The predicted octanol–water partition coefficient (Wildman–Crippen LogP) is 4.54. The van der Waals surface area contributed by atoms with Crippen molar-refractivity contribution >= 4 is 29.6 Å². The summed E-state index contributed by atoms with van der Waals surface area (Å²) in [4.78, 5) is 21.9. The summed E-state index contributed by atoms with van der Waals surface area (Å²) in [5.41, 5.74) is 1.19. The quantitative estimate of drug-likeness (QED) is 0.566. The summed E-state index contributed by atoms with van der Waals surface area (Å²) < 4.78 is 21.7. The first kappa shape index (κ1) is 21.0. The molecule has 0 amide bonds. The molecule has 0 radical (unpaired) electrons. The number of hydrogen-bond donors (Lipinski definition) is 2. The van der Waals surface area contributed by atoms with Crippen LogP contribution < -0.4 is 4.72 Å². The average molecular weight is 369 g/mol. The van der Waals surface area contributed by atoms with E-state index in [2.05, 4.69) is 4.72 Å². The van der Waals surface area contributed by atoms with Crippen molar-refractivity contribution in [2.75, 3.05) is 4.72 Å². The van der Waals surface area contributed by atoms with Crippen molar-refractivity contribution in [2.45, 2.75) is 51.9 Å². The minimum Gasteiger partial charge on any atom is -0.478 e. The lowest BCUT2D eigenvalue weighted by atomic mass is 9.99. The Morgan fingerprint density at radius 3 is 2.72 bits per heavy atom. The zero-order valence-electron chi connectivity index (χ0n) is 14.7. The number of benzene rings is 1. The van der Waals surface area contributed by atoms with E-state index in [1.165, 1.54) is 24.9 Å². The van der Waals surface area contributed by atoms with E-state index in [0.29, 0.717) is 11.1 Å². The summed E-state index contributed by atoms with van der Waals surface area (Å²) in [5.74, 6) is -1.83. The Balaban J connectivity index is 0.00000151. The summed E-state index contributed by atoms with van der Waals surface area (Å²) >= 11 is 1.20. The molecule has 0 aliphatic heterocycles. The first-order valence-electron chi connectivity index (χ1n) is 8.24. The maximum atomic E-state index is 14.0. The minimum absolute atomic E-state index is 0.0220. The molecule has 2 rings (SSSR count). The van der Waals surface area contributed by atoms with Gasteiger partial charge in [-0.1, -0.05) is 26.0 Å². The zero-order chi connectivity index (χ0) is 18.8. The van der Waals surface area contributed by atoms with Gasteiger partial charge in [-0.05, 0) is 48.9 Å². The highest BCUT2D eigenvalue weighted by molar-refractivity contribution is 8.01. The van der Waals surface area contributed by atoms with Gasteiger partial charge < -0.3 is 14.6 Å². The van der Waals surface area contributed by atoms with Crippen molar-refractivity contribution in [3.63, 3.8) is 0 Å². The Morgan fingerprint density at radius 2 is 2.12 bits per heavy atom. The normalized spacial score (nSPS) is 16.2. The maximum Gasteiger partial charge on any atom is 0.332 e. The first-order valence-corrected chi connectivity index (χ1v) is 9.12. The predicted molar refractivity (Wildman–Crippen MR) is 97.8 cm³/mol. The van der Waals surface area contributed by atoms with Crippen LogP contribution in [0.5, 0.6) is 0 Å². The van der Waals surface area contributed by atoms with E-state index in [-0.39, 0.29) is 17.5 Å². The Morgan fingerprint density at radius 1 is 1.40 bits per heavy atom. The van der Waals surface area contributed by atoms with Gasteiger partial charge in [0, 0.05) is 12.5 Å².